The van der Waals surface area contributed by atoms with Gasteiger partial charge in [-0.1, -0.05) is 44.2 Å². The first-order valence-electron chi connectivity index (χ1n) is 33.8. The van der Waals surface area contributed by atoms with E-state index in [-0.39, 0.29) is 60.6 Å². The Bertz CT molecular complexity index is 4560. The van der Waals surface area contributed by atoms with E-state index in [9.17, 15) is 63.4 Å². The fourth-order valence-corrected chi connectivity index (χ4v) is 16.9. The van der Waals surface area contributed by atoms with Gasteiger partial charge >= 0.3 is 36.5 Å². The number of amides is 6. The van der Waals surface area contributed by atoms with Crippen LogP contribution in [0.1, 0.15) is 143 Å². The number of likely N-dealkylation sites (N-methyl/N-ethyl adjacent to an activating group) is 1. The molecule has 6 atom stereocenters. The van der Waals surface area contributed by atoms with Crippen LogP contribution in [0.4, 0.5) is 17.1 Å². The molecule has 6 amide bonds. The maximum atomic E-state index is 14.9. The Kier molecular flexibility index (Phi) is 23.3. The maximum absolute atomic E-state index is 14.9. The molecule has 5 heterocycles. The fourth-order valence-electron chi connectivity index (χ4n) is 14.8. The van der Waals surface area contributed by atoms with Crippen LogP contribution in [0, 0.1) is 12.8 Å². The summed E-state index contributed by atoms with van der Waals surface area (Å²) >= 11 is 0. The molecule has 33 heteroatoms. The topological polar surface area (TPSA) is 442 Å². The molecule has 552 valence electrons. The first-order valence-corrected chi connectivity index (χ1v) is 38.0. The number of carbonyl (C=O) groups is 7. The maximum Gasteiger partial charge on any atom is 0.357 e. The lowest BCUT2D eigenvalue weighted by Gasteiger charge is -2.42. The molecule has 5 aliphatic heterocycles. The zero-order valence-corrected chi connectivity index (χ0v) is 61.3. The third kappa shape index (κ3) is 17.0. The van der Waals surface area contributed by atoms with Crippen LogP contribution in [0.2, 0.25) is 0 Å². The number of unbranched alkanes of at least 4 members (excludes halogenated alkanes) is 2. The molecule has 2 bridgehead atoms. The predicted molar refractivity (Wildman–Crippen MR) is 382 cm³/mol. The standard InChI is InChI=1S/C69H91N13O17S3/c1-11-80-50-27-24-44-46(31-39(2)32-53(44)100(90,91)98-71)60(50)68(7,8)55(80)20-14-12-15-21-56-69(9,10)61-47-34-42(79-102(94,95)96)35-54(101(92,93)99-72)45(47)25-28-51(61)81(56)30-17-13-16-22-57(83)74-37-41-33-43-23-26-52-65(88)77-48(19-18-29-73-40(3)70)63(86)75-38-58(84)76-49(36-59(85)97-67(4,5)6)64(87)78-62(41)66(89)82(43)52/h12,14-15,20-21,24-25,27-28,31-32,34-35,41,43,48-49,52,62,79H,11,13,16-19,22-23,26,29-30,33,36-38,71-72H2,1-10H3,(H7-,70,73,74,75,76,77,78,83,84,86,87,88,94,95,96)/p+1/t41?,43-,48?,49-,52-,62+/m0/s1. The second-order valence-corrected chi connectivity index (χ2v) is 32.5. The van der Waals surface area contributed by atoms with Crippen molar-refractivity contribution in [1.29, 1.82) is 0 Å². The number of carbonyl (C=O) groups excluding carboxylic acids is 7. The molecule has 4 aromatic carbocycles. The quantitative estimate of drug-likeness (QED) is 0.00679. The lowest BCUT2D eigenvalue weighted by atomic mass is 9.79. The van der Waals surface area contributed by atoms with E-state index in [1.165, 1.54) is 17.0 Å². The van der Waals surface area contributed by atoms with Gasteiger partial charge < -0.3 is 46.9 Å². The number of aryl methyl sites for hydroxylation is 1. The van der Waals surface area contributed by atoms with Crippen LogP contribution in [0.25, 0.3) is 21.5 Å². The number of hydrogen-bond donors (Lipinski definition) is 10. The minimum Gasteiger partial charge on any atom is -0.460 e. The zero-order valence-electron chi connectivity index (χ0n) is 58.8. The number of rotatable bonds is 24. The van der Waals surface area contributed by atoms with Crippen LogP contribution in [-0.4, -0.2) is 161 Å². The molecule has 0 aliphatic carbocycles. The Morgan fingerprint density at radius 2 is 1.47 bits per heavy atom. The van der Waals surface area contributed by atoms with Crippen molar-refractivity contribution in [2.75, 3.05) is 42.3 Å². The molecule has 5 aliphatic rings. The zero-order chi connectivity index (χ0) is 74.8. The summed E-state index contributed by atoms with van der Waals surface area (Å²) in [6, 6.07) is 7.21. The van der Waals surface area contributed by atoms with Crippen molar-refractivity contribution in [3.05, 3.63) is 101 Å². The van der Waals surface area contributed by atoms with E-state index in [0.29, 0.717) is 78.6 Å². The second-order valence-electron chi connectivity index (χ2n) is 28.3. The van der Waals surface area contributed by atoms with E-state index < -0.39 is 136 Å². The van der Waals surface area contributed by atoms with Crippen molar-refractivity contribution in [3.63, 3.8) is 0 Å². The summed E-state index contributed by atoms with van der Waals surface area (Å²) in [6.07, 6.45) is 11.6. The van der Waals surface area contributed by atoms with Gasteiger partial charge in [0.15, 0.2) is 5.71 Å². The lowest BCUT2D eigenvalue weighted by molar-refractivity contribution is -0.438. The summed E-state index contributed by atoms with van der Waals surface area (Å²) in [6.45, 7) is 18.8. The minimum absolute atomic E-state index is 0.0402. The van der Waals surface area contributed by atoms with Gasteiger partial charge in [0.1, 0.15) is 46.1 Å². The van der Waals surface area contributed by atoms with Crippen LogP contribution in [-0.2, 0) is 88.2 Å². The summed E-state index contributed by atoms with van der Waals surface area (Å²) in [4.78, 5) is 105. The highest BCUT2D eigenvalue weighted by molar-refractivity contribution is 7.87. The van der Waals surface area contributed by atoms with Gasteiger partial charge in [0.25, 0.3) is 0 Å². The first-order chi connectivity index (χ1) is 47.8. The van der Waals surface area contributed by atoms with Crippen LogP contribution < -0.4 is 53.7 Å². The highest BCUT2D eigenvalue weighted by Gasteiger charge is 2.52. The molecule has 9 rings (SSSR count). The van der Waals surface area contributed by atoms with Gasteiger partial charge in [-0.05, 0) is 159 Å². The normalized spacial score (nSPS) is 22.4. The van der Waals surface area contributed by atoms with E-state index >= 15 is 0 Å². The molecular weight excluding hydrogens is 1380 g/mol. The molecular formula is C69H92N13O17S3+. The Labute approximate surface area is 593 Å². The minimum atomic E-state index is -4.92. The summed E-state index contributed by atoms with van der Waals surface area (Å²) in [5.41, 5.74) is 8.31. The van der Waals surface area contributed by atoms with Crippen LogP contribution >= 0.6 is 0 Å². The Morgan fingerprint density at radius 3 is 2.13 bits per heavy atom. The number of benzene rings is 4. The molecule has 2 unspecified atom stereocenters. The Hall–Kier alpha value is -8.70. The largest absolute Gasteiger partial charge is 0.460 e. The number of esters is 1. The number of piperidine rings is 1. The number of anilines is 2. The van der Waals surface area contributed by atoms with Gasteiger partial charge in [0.05, 0.1) is 29.9 Å². The van der Waals surface area contributed by atoms with E-state index in [0.717, 1.165) is 34.1 Å². The summed E-state index contributed by atoms with van der Waals surface area (Å²) in [5, 5.41) is 15.2. The van der Waals surface area contributed by atoms with E-state index in [1.54, 1.807) is 52.8 Å². The number of aliphatic imine (C=N–C) groups is 1. The van der Waals surface area contributed by atoms with Gasteiger partial charge in [-0.15, -0.1) is 0 Å². The number of nitrogens with two attached hydrogens (primary N) is 3. The van der Waals surface area contributed by atoms with Crippen LogP contribution in [0.3, 0.4) is 0 Å². The number of amidine groups is 1. The molecule has 4 aromatic rings. The first kappa shape index (κ1) is 77.5. The SMILES string of the molecule is CCN1C(=CC=CC=CC2=[N+](CCCCCC(=O)NCC3C[C@@H]4CC[C@H]5C(=O)NC(CCCN=C(C)N)C(=O)NCC(=O)N[C@@H](CC(=O)OC(C)(C)C)C(=O)N[C@H]3C(=O)N45)c3ccc4c(S(=O)(=O)ON)cc(NS(=O)(=O)O)cc4c3C2(C)C)C(C)(C)c2c1ccc1c(S(=O)(=O)ON)cc(C)cc21. The van der Waals surface area contributed by atoms with Crippen molar-refractivity contribution >= 4 is 122 Å². The predicted octanol–water partition coefficient (Wildman–Crippen LogP) is 4.39. The molecule has 13 N–H and O–H groups in total. The van der Waals surface area contributed by atoms with Crippen LogP contribution in [0.5, 0.6) is 0 Å². The van der Waals surface area contributed by atoms with Crippen molar-refractivity contribution in [1.82, 2.24) is 31.5 Å². The van der Waals surface area contributed by atoms with Gasteiger partial charge in [0.2, 0.25) is 41.1 Å². The van der Waals surface area contributed by atoms with E-state index in [4.69, 9.17) is 22.3 Å². The molecule has 102 heavy (non-hydrogen) atoms. The molecule has 0 aromatic heterocycles. The molecule has 30 nitrogen and oxygen atoms in total. The highest BCUT2D eigenvalue weighted by atomic mass is 32.2. The number of ether oxygens (including phenoxy) is 1. The van der Waals surface area contributed by atoms with Gasteiger partial charge in [-0.25, -0.2) is 0 Å². The third-order valence-electron chi connectivity index (χ3n) is 19.1. The summed E-state index contributed by atoms with van der Waals surface area (Å²) in [5.74, 6) is 5.24. The van der Waals surface area contributed by atoms with Gasteiger partial charge in [-0.2, -0.15) is 50.2 Å². The second kappa shape index (κ2) is 30.7. The highest BCUT2D eigenvalue weighted by Crippen LogP contribution is 2.52. The summed E-state index contributed by atoms with van der Waals surface area (Å²) < 4.78 is 106. The van der Waals surface area contributed by atoms with Crippen molar-refractivity contribution in [2.45, 2.75) is 190 Å². The summed E-state index contributed by atoms with van der Waals surface area (Å²) in [7, 11) is -13.9. The molecule has 3 saturated heterocycles. The van der Waals surface area contributed by atoms with Gasteiger partial charge in [0, 0.05) is 89.7 Å². The number of hydrogen-bond acceptors (Lipinski definition) is 20. The molecule has 3 fully saturated rings. The van der Waals surface area contributed by atoms with E-state index in [1.807, 2.05) is 68.0 Å². The number of fused-ring (bicyclic) bond motifs is 7. The number of nitrogens with zero attached hydrogens (tertiary/aromatic N) is 4. The average molecular weight is 1470 g/mol. The van der Waals surface area contributed by atoms with Gasteiger partial charge in [-0.3, -0.25) is 47.8 Å². The third-order valence-corrected chi connectivity index (χ3v) is 21.9. The average Bonchev–Trinajstić information content (AvgIpc) is 1.54. The number of allylic oxidation sites excluding steroid dienone is 6. The van der Waals surface area contributed by atoms with Crippen molar-refractivity contribution < 1.29 is 81.2 Å². The molecule has 0 radical (unpaired) electrons. The van der Waals surface area contributed by atoms with Crippen molar-refractivity contribution in [2.24, 2.45) is 28.4 Å². The van der Waals surface area contributed by atoms with Crippen LogP contribution in [0.15, 0.2) is 99.4 Å². The molecule has 0 saturated carbocycles. The number of nitrogens with one attached hydrogen (secondary N) is 6. The Balaban J connectivity index is 0.961. The van der Waals surface area contributed by atoms with Crippen molar-refractivity contribution in [3.8, 4) is 0 Å². The smallest absolute Gasteiger partial charge is 0.357 e. The lowest BCUT2D eigenvalue weighted by Crippen LogP contribution is -2.65. The Morgan fingerprint density at radius 1 is 0.794 bits per heavy atom. The van der Waals surface area contributed by atoms with E-state index in [2.05, 4.69) is 63.5 Å². The fraction of sp³-hybridized carbons (Fsp3) is 0.493. The monoisotopic (exact) mass is 1470 g/mol. The molecule has 0 spiro atoms.